The molecule has 0 spiro atoms. The Kier molecular flexibility index (Phi) is 8.71. The third kappa shape index (κ3) is 5.99. The van der Waals surface area contributed by atoms with Crippen LogP contribution in [0.15, 0.2) is 231 Å². The maximum Gasteiger partial charge on any atom is 0.0541 e. The molecule has 332 valence electrons. The van der Waals surface area contributed by atoms with Crippen molar-refractivity contribution >= 4 is 60.4 Å². The van der Waals surface area contributed by atoms with Gasteiger partial charge in [0, 0.05) is 44.4 Å². The third-order valence-electron chi connectivity index (χ3n) is 16.0. The van der Waals surface area contributed by atoms with Gasteiger partial charge < -0.3 is 9.47 Å². The molecular weight excluding hydrogens is 845 g/mol. The number of fused-ring (bicyclic) bond motifs is 11. The van der Waals surface area contributed by atoms with Gasteiger partial charge in [0.15, 0.2) is 0 Å². The van der Waals surface area contributed by atoms with Crippen LogP contribution in [0.1, 0.15) is 49.9 Å². The number of para-hydroxylation sites is 1. The largest absolute Gasteiger partial charge is 0.310 e. The van der Waals surface area contributed by atoms with Gasteiger partial charge in [-0.05, 0) is 161 Å². The van der Waals surface area contributed by atoms with Gasteiger partial charge in [-0.15, -0.1) is 0 Å². The second-order valence-corrected chi connectivity index (χ2v) is 20.5. The Morgan fingerprint density at radius 1 is 0.300 bits per heavy atom. The van der Waals surface area contributed by atoms with Gasteiger partial charge in [-0.25, -0.2) is 0 Å². The first-order valence-corrected chi connectivity index (χ1v) is 24.7. The number of rotatable bonds is 6. The van der Waals surface area contributed by atoms with Crippen molar-refractivity contribution in [1.82, 2.24) is 4.57 Å². The standard InChI is InChI=1S/C68H50N2/c1-67(2)61-22-11-9-19-55(61)57-35-32-51(41-63(57)67)69(49-29-25-45(26-30-49)54-21-13-17-44-15-7-8-18-53(44)54)52-33-36-58-56-34-27-48(40-62(56)68(3,4)64(58)42-52)47-28-37-66-60(39-47)59-20-10-12-23-65(59)70(66)50-31-24-43-14-5-6-16-46(43)38-50/h5-42H,1-4H3. The Bertz CT molecular complexity index is 4120. The minimum atomic E-state index is -0.238. The summed E-state index contributed by atoms with van der Waals surface area (Å²) >= 11 is 0. The molecule has 0 N–H and O–H groups in total. The monoisotopic (exact) mass is 894 g/mol. The molecule has 70 heavy (non-hydrogen) atoms. The van der Waals surface area contributed by atoms with E-state index in [2.05, 4.69) is 268 Å². The van der Waals surface area contributed by atoms with Gasteiger partial charge in [-0.3, -0.25) is 0 Å². The Labute approximate surface area is 409 Å². The molecule has 1 aromatic heterocycles. The lowest BCUT2D eigenvalue weighted by atomic mass is 9.81. The van der Waals surface area contributed by atoms with Gasteiger partial charge in [0.2, 0.25) is 0 Å². The van der Waals surface area contributed by atoms with Crippen molar-refractivity contribution in [3.8, 4) is 50.2 Å². The molecule has 14 rings (SSSR count). The van der Waals surface area contributed by atoms with Crippen LogP contribution in [-0.2, 0) is 10.8 Å². The average molecular weight is 895 g/mol. The lowest BCUT2D eigenvalue weighted by Gasteiger charge is -2.30. The first-order chi connectivity index (χ1) is 34.2. The molecule has 2 heteroatoms. The van der Waals surface area contributed by atoms with Crippen molar-refractivity contribution in [1.29, 1.82) is 0 Å². The number of anilines is 3. The Balaban J connectivity index is 0.864. The summed E-state index contributed by atoms with van der Waals surface area (Å²) < 4.78 is 2.42. The quantitative estimate of drug-likeness (QED) is 0.161. The summed E-state index contributed by atoms with van der Waals surface area (Å²) in [4.78, 5) is 2.47. The zero-order valence-corrected chi connectivity index (χ0v) is 39.8. The fourth-order valence-electron chi connectivity index (χ4n) is 12.3. The van der Waals surface area contributed by atoms with Crippen molar-refractivity contribution in [3.63, 3.8) is 0 Å². The number of hydrogen-bond donors (Lipinski definition) is 0. The van der Waals surface area contributed by atoms with Crippen LogP contribution >= 0.6 is 0 Å². The van der Waals surface area contributed by atoms with E-state index in [4.69, 9.17) is 0 Å². The predicted octanol–water partition coefficient (Wildman–Crippen LogP) is 18.5. The van der Waals surface area contributed by atoms with E-state index in [0.29, 0.717) is 0 Å². The van der Waals surface area contributed by atoms with Gasteiger partial charge >= 0.3 is 0 Å². The van der Waals surface area contributed by atoms with E-state index in [9.17, 15) is 0 Å². The number of benzene rings is 11. The summed E-state index contributed by atoms with van der Waals surface area (Å²) in [5.41, 5.74) is 22.3. The van der Waals surface area contributed by atoms with Crippen LogP contribution < -0.4 is 4.90 Å². The van der Waals surface area contributed by atoms with Crippen LogP contribution in [0.25, 0.3) is 93.5 Å². The summed E-state index contributed by atoms with van der Waals surface area (Å²) in [7, 11) is 0. The lowest BCUT2D eigenvalue weighted by Crippen LogP contribution is -2.18. The van der Waals surface area contributed by atoms with Crippen LogP contribution in [-0.4, -0.2) is 4.57 Å². The maximum absolute atomic E-state index is 2.47. The van der Waals surface area contributed by atoms with Crippen molar-refractivity contribution in [3.05, 3.63) is 253 Å². The smallest absolute Gasteiger partial charge is 0.0541 e. The molecule has 0 amide bonds. The summed E-state index contributed by atoms with van der Waals surface area (Å²) in [6, 6.07) is 86.2. The maximum atomic E-state index is 2.47. The zero-order valence-electron chi connectivity index (χ0n) is 39.8. The minimum Gasteiger partial charge on any atom is -0.310 e. The third-order valence-corrected chi connectivity index (χ3v) is 16.0. The molecule has 0 unspecified atom stereocenters. The molecule has 0 saturated carbocycles. The number of aromatic nitrogens is 1. The summed E-state index contributed by atoms with van der Waals surface area (Å²) in [5, 5.41) is 7.54. The topological polar surface area (TPSA) is 8.17 Å². The van der Waals surface area contributed by atoms with E-state index in [-0.39, 0.29) is 10.8 Å². The summed E-state index contributed by atoms with van der Waals surface area (Å²) in [6.45, 7) is 9.56. The van der Waals surface area contributed by atoms with Crippen molar-refractivity contribution in [2.45, 2.75) is 38.5 Å². The highest BCUT2D eigenvalue weighted by Gasteiger charge is 2.38. The van der Waals surface area contributed by atoms with E-state index in [0.717, 1.165) is 17.1 Å². The predicted molar refractivity (Wildman–Crippen MR) is 296 cm³/mol. The van der Waals surface area contributed by atoms with Crippen molar-refractivity contribution in [2.24, 2.45) is 0 Å². The highest BCUT2D eigenvalue weighted by atomic mass is 15.1. The highest BCUT2D eigenvalue weighted by molar-refractivity contribution is 6.11. The Hall–Kier alpha value is -8.46. The van der Waals surface area contributed by atoms with Crippen molar-refractivity contribution in [2.75, 3.05) is 4.90 Å². The fraction of sp³-hybridized carbons (Fsp3) is 0.0882. The second-order valence-electron chi connectivity index (χ2n) is 20.5. The van der Waals surface area contributed by atoms with E-state index in [1.54, 1.807) is 0 Å². The number of hydrogen-bond acceptors (Lipinski definition) is 1. The van der Waals surface area contributed by atoms with E-state index >= 15 is 0 Å². The normalized spacial score (nSPS) is 13.9. The first kappa shape index (κ1) is 40.6. The van der Waals surface area contributed by atoms with Crippen LogP contribution in [0, 0.1) is 0 Å². The van der Waals surface area contributed by atoms with Crippen LogP contribution in [0.2, 0.25) is 0 Å². The molecule has 2 aliphatic carbocycles. The van der Waals surface area contributed by atoms with Crippen molar-refractivity contribution < 1.29 is 0 Å². The molecule has 11 aromatic carbocycles. The molecule has 1 heterocycles. The second kappa shape index (κ2) is 15.0. The molecule has 0 atom stereocenters. The molecule has 0 bridgehead atoms. The summed E-state index contributed by atoms with van der Waals surface area (Å²) in [5.74, 6) is 0. The molecule has 0 saturated heterocycles. The van der Waals surface area contributed by atoms with E-state index < -0.39 is 0 Å². The summed E-state index contributed by atoms with van der Waals surface area (Å²) in [6.07, 6.45) is 0. The SMILES string of the molecule is CC1(C)c2ccccc2-c2ccc(N(c3ccc(-c4cccc5ccccc45)cc3)c3ccc4c(c3)C(C)(C)c3cc(-c5ccc6c(c5)c5ccccc5n6-c5ccc6ccccc6c5)ccc3-4)cc21. The van der Waals surface area contributed by atoms with Crippen LogP contribution in [0.5, 0.6) is 0 Å². The van der Waals surface area contributed by atoms with E-state index in [1.807, 2.05) is 0 Å². The van der Waals surface area contributed by atoms with Gasteiger partial charge in [-0.2, -0.15) is 0 Å². The average Bonchev–Trinajstić information content (AvgIpc) is 3.94. The van der Waals surface area contributed by atoms with Gasteiger partial charge in [0.1, 0.15) is 0 Å². The molecule has 0 aliphatic heterocycles. The molecular formula is C68H50N2. The molecule has 2 aliphatic rings. The molecule has 2 nitrogen and oxygen atoms in total. The van der Waals surface area contributed by atoms with Crippen LogP contribution in [0.3, 0.4) is 0 Å². The number of nitrogens with zero attached hydrogens (tertiary/aromatic N) is 2. The van der Waals surface area contributed by atoms with Gasteiger partial charge in [-0.1, -0.05) is 185 Å². The first-order valence-electron chi connectivity index (χ1n) is 24.7. The highest BCUT2D eigenvalue weighted by Crippen LogP contribution is 2.54. The lowest BCUT2D eigenvalue weighted by molar-refractivity contribution is 0.660. The Morgan fingerprint density at radius 3 is 1.59 bits per heavy atom. The van der Waals surface area contributed by atoms with Gasteiger partial charge in [0.05, 0.1) is 11.0 Å². The van der Waals surface area contributed by atoms with Crippen LogP contribution in [0.4, 0.5) is 17.1 Å². The fourth-order valence-corrected chi connectivity index (χ4v) is 12.3. The minimum absolute atomic E-state index is 0.121. The Morgan fingerprint density at radius 2 is 0.814 bits per heavy atom. The zero-order chi connectivity index (χ0) is 46.9. The molecule has 12 aromatic rings. The van der Waals surface area contributed by atoms with Gasteiger partial charge in [0.25, 0.3) is 0 Å². The molecule has 0 fully saturated rings. The van der Waals surface area contributed by atoms with E-state index in [1.165, 1.54) is 116 Å². The molecule has 0 radical (unpaired) electrons.